The molecule has 0 bridgehead atoms. The van der Waals surface area contributed by atoms with Crippen LogP contribution in [0.5, 0.6) is 0 Å². The van der Waals surface area contributed by atoms with Crippen LogP contribution in [0.2, 0.25) is 0 Å². The van der Waals surface area contributed by atoms with Crippen LogP contribution in [-0.2, 0) is 9.53 Å². The van der Waals surface area contributed by atoms with E-state index < -0.39 is 24.2 Å². The summed E-state index contributed by atoms with van der Waals surface area (Å²) in [6, 6.07) is 0. The van der Waals surface area contributed by atoms with Gasteiger partial charge in [0.15, 0.2) is 0 Å². The van der Waals surface area contributed by atoms with Gasteiger partial charge in [-0.1, -0.05) is 15.9 Å². The highest BCUT2D eigenvalue weighted by molar-refractivity contribution is 9.09. The molecular formula is C9H12BrF6NO2. The molecular weight excluding hydrogens is 348 g/mol. The number of amides is 1. The van der Waals surface area contributed by atoms with E-state index in [9.17, 15) is 31.1 Å². The van der Waals surface area contributed by atoms with Crippen LogP contribution in [0.4, 0.5) is 26.3 Å². The van der Waals surface area contributed by atoms with Crippen molar-refractivity contribution >= 4 is 21.8 Å². The predicted molar refractivity (Wildman–Crippen MR) is 57.9 cm³/mol. The van der Waals surface area contributed by atoms with Crippen LogP contribution < -0.4 is 0 Å². The summed E-state index contributed by atoms with van der Waals surface area (Å²) in [6.07, 6.45) is -11.3. The molecule has 0 spiro atoms. The van der Waals surface area contributed by atoms with Crippen LogP contribution in [0, 0.1) is 5.92 Å². The molecule has 3 nitrogen and oxygen atoms in total. The average molecular weight is 360 g/mol. The molecule has 0 aliphatic heterocycles. The number of hydrogen-bond acceptors (Lipinski definition) is 2. The SMILES string of the molecule is CN(CCOCCBr)C(=O)C(C(F)(F)F)C(F)(F)F. The Balaban J connectivity index is 4.65. The van der Waals surface area contributed by atoms with Crippen molar-refractivity contribution in [3.63, 3.8) is 0 Å². The van der Waals surface area contributed by atoms with Gasteiger partial charge < -0.3 is 9.64 Å². The Bertz CT molecular complexity index is 279. The average Bonchev–Trinajstić information content (AvgIpc) is 2.19. The van der Waals surface area contributed by atoms with E-state index in [1.165, 1.54) is 0 Å². The van der Waals surface area contributed by atoms with Gasteiger partial charge in [-0.3, -0.25) is 4.79 Å². The highest BCUT2D eigenvalue weighted by Gasteiger charge is 2.61. The predicted octanol–water partition coefficient (Wildman–Crippen LogP) is 2.60. The van der Waals surface area contributed by atoms with Gasteiger partial charge in [-0.05, 0) is 0 Å². The lowest BCUT2D eigenvalue weighted by molar-refractivity contribution is -0.277. The second-order valence-electron chi connectivity index (χ2n) is 3.58. The molecule has 0 heterocycles. The Morgan fingerprint density at radius 1 is 1.16 bits per heavy atom. The van der Waals surface area contributed by atoms with Gasteiger partial charge in [-0.2, -0.15) is 26.3 Å². The van der Waals surface area contributed by atoms with Crippen molar-refractivity contribution in [2.45, 2.75) is 12.4 Å². The molecule has 10 heteroatoms. The van der Waals surface area contributed by atoms with E-state index in [1.807, 2.05) is 0 Å². The molecule has 0 N–H and O–H groups in total. The third-order valence-electron chi connectivity index (χ3n) is 2.07. The Kier molecular flexibility index (Phi) is 7.12. The second-order valence-corrected chi connectivity index (χ2v) is 4.37. The van der Waals surface area contributed by atoms with E-state index in [2.05, 4.69) is 15.9 Å². The molecule has 0 unspecified atom stereocenters. The fourth-order valence-electron chi connectivity index (χ4n) is 1.15. The summed E-state index contributed by atoms with van der Waals surface area (Å²) in [5.74, 6) is -6.04. The van der Waals surface area contributed by atoms with Gasteiger partial charge in [0.2, 0.25) is 11.8 Å². The number of nitrogens with zero attached hydrogens (tertiary/aromatic N) is 1. The lowest BCUT2D eigenvalue weighted by Gasteiger charge is -2.26. The summed E-state index contributed by atoms with van der Waals surface area (Å²) >= 11 is 3.02. The Labute approximate surface area is 114 Å². The molecule has 0 saturated carbocycles. The Hall–Kier alpha value is -0.510. The quantitative estimate of drug-likeness (QED) is 0.414. The number of rotatable bonds is 6. The van der Waals surface area contributed by atoms with Crippen molar-refractivity contribution in [3.05, 3.63) is 0 Å². The zero-order chi connectivity index (χ0) is 15.3. The number of ether oxygens (including phenoxy) is 1. The number of likely N-dealkylation sites (N-methyl/N-ethyl adjacent to an activating group) is 1. The number of carbonyl (C=O) groups is 1. The van der Waals surface area contributed by atoms with E-state index in [-0.39, 0.29) is 19.8 Å². The summed E-state index contributed by atoms with van der Waals surface area (Å²) in [7, 11) is 0.865. The van der Waals surface area contributed by atoms with E-state index in [4.69, 9.17) is 4.74 Å². The van der Waals surface area contributed by atoms with Crippen molar-refractivity contribution in [2.24, 2.45) is 5.92 Å². The summed E-state index contributed by atoms with van der Waals surface area (Å²) in [5.41, 5.74) is 0. The first-order valence-electron chi connectivity index (χ1n) is 5.04. The first kappa shape index (κ1) is 18.5. The number of halogens is 7. The second kappa shape index (κ2) is 7.32. The molecule has 0 fully saturated rings. The van der Waals surface area contributed by atoms with Gasteiger partial charge in [0.05, 0.1) is 13.2 Å². The summed E-state index contributed by atoms with van der Waals surface area (Å²) < 4.78 is 78.4. The largest absolute Gasteiger partial charge is 0.409 e. The molecule has 0 radical (unpaired) electrons. The van der Waals surface area contributed by atoms with Crippen LogP contribution in [-0.4, -0.2) is 55.3 Å². The molecule has 19 heavy (non-hydrogen) atoms. The summed E-state index contributed by atoms with van der Waals surface area (Å²) in [5, 5.41) is 0.471. The lowest BCUT2D eigenvalue weighted by atomic mass is 10.1. The highest BCUT2D eigenvalue weighted by atomic mass is 79.9. The maximum atomic E-state index is 12.3. The molecule has 0 aromatic carbocycles. The minimum absolute atomic E-state index is 0.143. The molecule has 114 valence electrons. The van der Waals surface area contributed by atoms with E-state index in [0.717, 1.165) is 7.05 Å². The minimum Gasteiger partial charge on any atom is -0.379 e. The molecule has 1 amide bonds. The van der Waals surface area contributed by atoms with Gasteiger partial charge in [0.25, 0.3) is 0 Å². The highest BCUT2D eigenvalue weighted by Crippen LogP contribution is 2.40. The van der Waals surface area contributed by atoms with Crippen LogP contribution in [0.25, 0.3) is 0 Å². The van der Waals surface area contributed by atoms with Crippen molar-refractivity contribution < 1.29 is 35.9 Å². The molecule has 0 aromatic heterocycles. The van der Waals surface area contributed by atoms with Crippen molar-refractivity contribution in [1.29, 1.82) is 0 Å². The molecule has 0 rings (SSSR count). The summed E-state index contributed by atoms with van der Waals surface area (Å²) in [6.45, 7) is -0.255. The monoisotopic (exact) mass is 359 g/mol. The van der Waals surface area contributed by atoms with E-state index in [1.54, 1.807) is 0 Å². The Morgan fingerprint density at radius 3 is 2.00 bits per heavy atom. The fourth-order valence-corrected chi connectivity index (χ4v) is 1.38. The van der Waals surface area contributed by atoms with Crippen LogP contribution >= 0.6 is 15.9 Å². The van der Waals surface area contributed by atoms with Crippen LogP contribution in [0.15, 0.2) is 0 Å². The van der Waals surface area contributed by atoms with Gasteiger partial charge in [0, 0.05) is 18.9 Å². The molecule has 0 atom stereocenters. The third kappa shape index (κ3) is 6.46. The van der Waals surface area contributed by atoms with Crippen molar-refractivity contribution in [3.8, 4) is 0 Å². The van der Waals surface area contributed by atoms with Gasteiger partial charge in [0.1, 0.15) is 0 Å². The van der Waals surface area contributed by atoms with Crippen molar-refractivity contribution in [2.75, 3.05) is 32.1 Å². The number of hydrogen-bond donors (Lipinski definition) is 0. The standard InChI is InChI=1S/C9H12BrF6NO2/c1-17(3-5-19-4-2-10)7(18)6(8(11,12)13)9(14,15)16/h6H,2-5H2,1H3. The Morgan fingerprint density at radius 2 is 1.63 bits per heavy atom. The molecule has 0 aliphatic carbocycles. The first-order chi connectivity index (χ1) is 8.51. The molecule has 0 saturated heterocycles. The normalized spacial score (nSPS) is 12.9. The van der Waals surface area contributed by atoms with Gasteiger partial charge in [-0.25, -0.2) is 0 Å². The maximum Gasteiger partial charge on any atom is 0.409 e. The van der Waals surface area contributed by atoms with E-state index in [0.29, 0.717) is 10.2 Å². The fraction of sp³-hybridized carbons (Fsp3) is 0.889. The topological polar surface area (TPSA) is 29.5 Å². The summed E-state index contributed by atoms with van der Waals surface area (Å²) in [4.78, 5) is 11.6. The maximum absolute atomic E-state index is 12.3. The van der Waals surface area contributed by atoms with E-state index >= 15 is 0 Å². The molecule has 0 aromatic rings. The van der Waals surface area contributed by atoms with Crippen molar-refractivity contribution in [1.82, 2.24) is 4.90 Å². The third-order valence-corrected chi connectivity index (χ3v) is 2.39. The zero-order valence-corrected chi connectivity index (χ0v) is 11.4. The first-order valence-corrected chi connectivity index (χ1v) is 6.16. The minimum atomic E-state index is -5.67. The van der Waals surface area contributed by atoms with Gasteiger partial charge >= 0.3 is 12.4 Å². The lowest BCUT2D eigenvalue weighted by Crippen LogP contribution is -2.49. The molecule has 0 aliphatic rings. The van der Waals surface area contributed by atoms with Crippen LogP contribution in [0.1, 0.15) is 0 Å². The number of carbonyl (C=O) groups excluding carboxylic acids is 1. The van der Waals surface area contributed by atoms with Crippen LogP contribution in [0.3, 0.4) is 0 Å². The smallest absolute Gasteiger partial charge is 0.379 e. The number of alkyl halides is 7. The van der Waals surface area contributed by atoms with Gasteiger partial charge in [-0.15, -0.1) is 0 Å². The zero-order valence-electron chi connectivity index (χ0n) is 9.82.